The quantitative estimate of drug-likeness (QED) is 0.507. The highest BCUT2D eigenvalue weighted by molar-refractivity contribution is 5.33. The number of nitrogens with two attached hydrogens (primary N) is 1. The minimum atomic E-state index is -0.536. The molecular formula is C11H18N4O. The van der Waals surface area contributed by atoms with Gasteiger partial charge < -0.3 is 10.5 Å². The van der Waals surface area contributed by atoms with Crippen molar-refractivity contribution in [2.75, 3.05) is 18.5 Å². The first-order chi connectivity index (χ1) is 7.59. The Balaban J connectivity index is 1.94. The van der Waals surface area contributed by atoms with Crippen LogP contribution >= 0.6 is 0 Å². The van der Waals surface area contributed by atoms with Crippen LogP contribution in [0.1, 0.15) is 18.9 Å². The Labute approximate surface area is 95.2 Å². The average molecular weight is 222 g/mol. The second kappa shape index (κ2) is 4.37. The van der Waals surface area contributed by atoms with E-state index in [1.54, 1.807) is 0 Å². The maximum atomic E-state index is 9.84. The molecule has 2 heterocycles. The zero-order valence-electron chi connectivity index (χ0n) is 9.48. The highest BCUT2D eigenvalue weighted by Gasteiger charge is 2.30. The molecule has 0 radical (unpaired) electrons. The first kappa shape index (κ1) is 11.3. The Bertz CT molecular complexity index is 350. The normalized spacial score (nSPS) is 25.9. The number of likely N-dealkylation sites (tertiary alicyclic amines) is 1. The molecule has 1 aromatic heterocycles. The maximum absolute atomic E-state index is 9.84. The fraction of sp³-hybridized carbons (Fsp3) is 0.545. The number of hydrogen-bond donors (Lipinski definition) is 3. The number of rotatable bonds is 3. The van der Waals surface area contributed by atoms with Crippen LogP contribution in [0.3, 0.4) is 0 Å². The first-order valence-corrected chi connectivity index (χ1v) is 5.45. The molecule has 1 aliphatic rings. The minimum Gasteiger partial charge on any atom is -0.389 e. The van der Waals surface area contributed by atoms with Gasteiger partial charge in [0.1, 0.15) is 5.82 Å². The molecule has 1 fully saturated rings. The third-order valence-electron chi connectivity index (χ3n) is 2.91. The zero-order valence-corrected chi connectivity index (χ0v) is 9.48. The lowest BCUT2D eigenvalue weighted by molar-refractivity contribution is 0.0679. The van der Waals surface area contributed by atoms with Crippen LogP contribution in [-0.2, 0) is 6.54 Å². The number of nitrogens with one attached hydrogen (secondary N) is 1. The molecule has 5 nitrogen and oxygen atoms in total. The Morgan fingerprint density at radius 1 is 1.62 bits per heavy atom. The topological polar surface area (TPSA) is 74.4 Å². The molecule has 4 N–H and O–H groups in total. The molecule has 1 atom stereocenters. The number of nitrogen functional groups attached to an aromatic ring is 1. The van der Waals surface area contributed by atoms with Crippen molar-refractivity contribution in [2.24, 2.45) is 5.84 Å². The second-order valence-corrected chi connectivity index (χ2v) is 4.65. The van der Waals surface area contributed by atoms with E-state index in [0.717, 1.165) is 31.6 Å². The molecule has 5 heteroatoms. The summed E-state index contributed by atoms with van der Waals surface area (Å²) in [4.78, 5) is 6.38. The van der Waals surface area contributed by atoms with Crippen LogP contribution in [0.5, 0.6) is 0 Å². The van der Waals surface area contributed by atoms with Gasteiger partial charge in [0.25, 0.3) is 0 Å². The molecule has 0 saturated carbocycles. The Kier molecular flexibility index (Phi) is 3.09. The summed E-state index contributed by atoms with van der Waals surface area (Å²) in [5.41, 5.74) is 3.10. The molecule has 0 amide bonds. The van der Waals surface area contributed by atoms with Crippen LogP contribution in [0.4, 0.5) is 5.82 Å². The minimum absolute atomic E-state index is 0.536. The van der Waals surface area contributed by atoms with Gasteiger partial charge in [-0.25, -0.2) is 10.8 Å². The van der Waals surface area contributed by atoms with Crippen molar-refractivity contribution >= 4 is 5.82 Å². The van der Waals surface area contributed by atoms with Gasteiger partial charge >= 0.3 is 0 Å². The maximum Gasteiger partial charge on any atom is 0.139 e. The number of anilines is 1. The number of hydrazine groups is 1. The number of pyridine rings is 1. The third-order valence-corrected chi connectivity index (χ3v) is 2.91. The predicted octanol–water partition coefficient (Wildman–Crippen LogP) is 0.324. The highest BCUT2D eigenvalue weighted by Crippen LogP contribution is 2.21. The molecule has 0 spiro atoms. The SMILES string of the molecule is CC1(O)CCN(Cc2ccc(NN)nc2)C1. The summed E-state index contributed by atoms with van der Waals surface area (Å²) in [6.07, 6.45) is 2.64. The monoisotopic (exact) mass is 222 g/mol. The van der Waals surface area contributed by atoms with Crippen molar-refractivity contribution in [1.29, 1.82) is 0 Å². The van der Waals surface area contributed by atoms with E-state index in [-0.39, 0.29) is 0 Å². The van der Waals surface area contributed by atoms with Gasteiger partial charge in [-0.15, -0.1) is 0 Å². The molecule has 16 heavy (non-hydrogen) atoms. The second-order valence-electron chi connectivity index (χ2n) is 4.65. The van der Waals surface area contributed by atoms with Crippen molar-refractivity contribution < 1.29 is 5.11 Å². The van der Waals surface area contributed by atoms with Crippen LogP contribution in [-0.4, -0.2) is 33.7 Å². The van der Waals surface area contributed by atoms with Crippen LogP contribution in [0.25, 0.3) is 0 Å². The summed E-state index contributed by atoms with van der Waals surface area (Å²) in [5.74, 6) is 5.91. The van der Waals surface area contributed by atoms with E-state index in [1.165, 1.54) is 0 Å². The molecule has 0 aliphatic carbocycles. The van der Waals surface area contributed by atoms with Gasteiger partial charge in [-0.3, -0.25) is 4.90 Å². The van der Waals surface area contributed by atoms with Crippen molar-refractivity contribution in [1.82, 2.24) is 9.88 Å². The Hall–Kier alpha value is -1.17. The average Bonchev–Trinajstić information content (AvgIpc) is 2.59. The summed E-state index contributed by atoms with van der Waals surface area (Å²) in [6, 6.07) is 3.85. The lowest BCUT2D eigenvalue weighted by Gasteiger charge is -2.18. The van der Waals surface area contributed by atoms with Gasteiger partial charge in [-0.1, -0.05) is 6.07 Å². The smallest absolute Gasteiger partial charge is 0.139 e. The largest absolute Gasteiger partial charge is 0.389 e. The lowest BCUT2D eigenvalue weighted by Crippen LogP contribution is -2.29. The third kappa shape index (κ3) is 2.69. The summed E-state index contributed by atoms with van der Waals surface area (Å²) in [7, 11) is 0. The van der Waals surface area contributed by atoms with E-state index in [2.05, 4.69) is 15.3 Å². The van der Waals surface area contributed by atoms with Crippen molar-refractivity contribution in [3.05, 3.63) is 23.9 Å². The van der Waals surface area contributed by atoms with E-state index in [0.29, 0.717) is 5.82 Å². The number of aliphatic hydroxyl groups is 1. The molecule has 1 unspecified atom stereocenters. The molecule has 0 bridgehead atoms. The van der Waals surface area contributed by atoms with E-state index >= 15 is 0 Å². The molecule has 1 saturated heterocycles. The summed E-state index contributed by atoms with van der Waals surface area (Å²) in [6.45, 7) is 4.37. The molecule has 2 rings (SSSR count). The zero-order chi connectivity index (χ0) is 11.6. The van der Waals surface area contributed by atoms with Crippen LogP contribution in [0, 0.1) is 0 Å². The molecule has 1 aromatic rings. The summed E-state index contributed by atoms with van der Waals surface area (Å²) < 4.78 is 0. The number of nitrogens with zero attached hydrogens (tertiary/aromatic N) is 2. The highest BCUT2D eigenvalue weighted by atomic mass is 16.3. The number of aromatic nitrogens is 1. The number of β-amino-alcohol motifs (C(OH)–C–C–N with tert-alkyl or cyclic N) is 1. The van der Waals surface area contributed by atoms with Crippen LogP contribution in [0.2, 0.25) is 0 Å². The van der Waals surface area contributed by atoms with Crippen LogP contribution in [0.15, 0.2) is 18.3 Å². The fourth-order valence-electron chi connectivity index (χ4n) is 2.04. The van der Waals surface area contributed by atoms with Gasteiger partial charge in [0.05, 0.1) is 5.60 Å². The van der Waals surface area contributed by atoms with Gasteiger partial charge in [-0.05, 0) is 25.0 Å². The van der Waals surface area contributed by atoms with Gasteiger partial charge in [0.15, 0.2) is 0 Å². The van der Waals surface area contributed by atoms with Crippen molar-refractivity contribution in [3.63, 3.8) is 0 Å². The van der Waals surface area contributed by atoms with Gasteiger partial charge in [-0.2, -0.15) is 0 Å². The molecule has 88 valence electrons. The van der Waals surface area contributed by atoms with E-state index < -0.39 is 5.60 Å². The molecule has 0 aromatic carbocycles. The Morgan fingerprint density at radius 3 is 2.94 bits per heavy atom. The van der Waals surface area contributed by atoms with E-state index in [1.807, 2.05) is 25.3 Å². The van der Waals surface area contributed by atoms with Crippen LogP contribution < -0.4 is 11.3 Å². The molecular weight excluding hydrogens is 204 g/mol. The van der Waals surface area contributed by atoms with Gasteiger partial charge in [0, 0.05) is 25.8 Å². The van der Waals surface area contributed by atoms with Gasteiger partial charge in [0.2, 0.25) is 0 Å². The summed E-state index contributed by atoms with van der Waals surface area (Å²) in [5, 5.41) is 9.84. The number of hydrogen-bond acceptors (Lipinski definition) is 5. The standard InChI is InChI=1S/C11H18N4O/c1-11(16)4-5-15(8-11)7-9-2-3-10(14-12)13-6-9/h2-3,6,16H,4-5,7-8,12H2,1H3,(H,13,14). The lowest BCUT2D eigenvalue weighted by atomic mass is 10.1. The Morgan fingerprint density at radius 2 is 2.44 bits per heavy atom. The predicted molar refractivity (Wildman–Crippen MR) is 62.6 cm³/mol. The van der Waals surface area contributed by atoms with E-state index in [9.17, 15) is 5.11 Å². The van der Waals surface area contributed by atoms with Crippen molar-refractivity contribution in [3.8, 4) is 0 Å². The fourth-order valence-corrected chi connectivity index (χ4v) is 2.04. The summed E-state index contributed by atoms with van der Waals surface area (Å²) >= 11 is 0. The first-order valence-electron chi connectivity index (χ1n) is 5.45. The van der Waals surface area contributed by atoms with Crippen molar-refractivity contribution in [2.45, 2.75) is 25.5 Å². The molecule has 1 aliphatic heterocycles. The van der Waals surface area contributed by atoms with E-state index in [4.69, 9.17) is 5.84 Å².